The number of halogens is 1. The maximum Gasteiger partial charge on any atom is 0.328 e. The van der Waals surface area contributed by atoms with Gasteiger partial charge in [0.2, 0.25) is 0 Å². The van der Waals surface area contributed by atoms with E-state index >= 15 is 0 Å². The van der Waals surface area contributed by atoms with E-state index in [1.54, 1.807) is 25.1 Å². The zero-order valence-corrected chi connectivity index (χ0v) is 18.7. The third-order valence-electron chi connectivity index (χ3n) is 4.44. The van der Waals surface area contributed by atoms with Crippen molar-refractivity contribution in [2.45, 2.75) is 32.4 Å². The van der Waals surface area contributed by atoms with Gasteiger partial charge in [0.25, 0.3) is 5.91 Å². The first-order valence-electron chi connectivity index (χ1n) is 10.3. The van der Waals surface area contributed by atoms with Gasteiger partial charge < -0.3 is 19.9 Å². The molecule has 3 rings (SSSR count). The first-order valence-corrected chi connectivity index (χ1v) is 10.3. The number of nitrogens with one attached hydrogen (secondary N) is 1. The maximum absolute atomic E-state index is 12.2. The number of amides is 1. The molecule has 2 N–H and O–H groups in total. The van der Waals surface area contributed by atoms with Crippen LogP contribution in [0.2, 0.25) is 0 Å². The van der Waals surface area contributed by atoms with Crippen LogP contribution in [0, 0.1) is 5.82 Å². The number of methoxy groups -OCH3 is 1. The SMILES string of the molecule is COc1ccnc(C(=O)N[C@@H](C)C(=O)OC(C)Cc2ccccc2)c1O.Fc1ccccc1. The lowest BCUT2D eigenvalue weighted by atomic mass is 10.1. The molecule has 0 aliphatic rings. The van der Waals surface area contributed by atoms with Crippen molar-refractivity contribution in [1.29, 1.82) is 0 Å². The molecule has 7 nitrogen and oxygen atoms in total. The highest BCUT2D eigenvalue weighted by Crippen LogP contribution is 2.27. The van der Waals surface area contributed by atoms with E-state index in [1.807, 2.05) is 30.3 Å². The minimum atomic E-state index is -0.895. The van der Waals surface area contributed by atoms with Gasteiger partial charge in [0.15, 0.2) is 17.2 Å². The Morgan fingerprint density at radius 1 is 1.03 bits per heavy atom. The second kappa shape index (κ2) is 12.8. The summed E-state index contributed by atoms with van der Waals surface area (Å²) in [6, 6.07) is 18.1. The average molecular weight is 454 g/mol. The molecule has 33 heavy (non-hydrogen) atoms. The average Bonchev–Trinajstić information content (AvgIpc) is 2.80. The Morgan fingerprint density at radius 2 is 1.64 bits per heavy atom. The Hall–Kier alpha value is -3.94. The predicted octanol–water partition coefficient (Wildman–Crippen LogP) is 3.91. The van der Waals surface area contributed by atoms with Crippen molar-refractivity contribution >= 4 is 11.9 Å². The van der Waals surface area contributed by atoms with Crippen LogP contribution in [0.3, 0.4) is 0 Å². The first-order chi connectivity index (χ1) is 15.8. The van der Waals surface area contributed by atoms with E-state index in [4.69, 9.17) is 9.47 Å². The minimum absolute atomic E-state index is 0.122. The van der Waals surface area contributed by atoms with Crippen LogP contribution in [-0.2, 0) is 16.0 Å². The third-order valence-corrected chi connectivity index (χ3v) is 4.44. The molecule has 1 amide bonds. The van der Waals surface area contributed by atoms with Crippen LogP contribution in [0.4, 0.5) is 4.39 Å². The summed E-state index contributed by atoms with van der Waals surface area (Å²) in [6.45, 7) is 3.29. The van der Waals surface area contributed by atoms with Gasteiger partial charge in [-0.25, -0.2) is 14.2 Å². The predicted molar refractivity (Wildman–Crippen MR) is 121 cm³/mol. The highest BCUT2D eigenvalue weighted by Gasteiger charge is 2.23. The van der Waals surface area contributed by atoms with Crippen molar-refractivity contribution < 1.29 is 28.6 Å². The van der Waals surface area contributed by atoms with E-state index in [-0.39, 0.29) is 29.1 Å². The molecule has 0 aliphatic heterocycles. The second-order valence-electron chi connectivity index (χ2n) is 7.14. The fourth-order valence-electron chi connectivity index (χ4n) is 2.79. The lowest BCUT2D eigenvalue weighted by Crippen LogP contribution is -2.41. The highest BCUT2D eigenvalue weighted by molar-refractivity contribution is 5.97. The van der Waals surface area contributed by atoms with Crippen molar-refractivity contribution in [3.05, 3.63) is 90.0 Å². The van der Waals surface area contributed by atoms with Gasteiger partial charge in [-0.1, -0.05) is 48.5 Å². The van der Waals surface area contributed by atoms with Gasteiger partial charge in [-0.3, -0.25) is 4.79 Å². The fourth-order valence-corrected chi connectivity index (χ4v) is 2.79. The molecule has 174 valence electrons. The monoisotopic (exact) mass is 454 g/mol. The minimum Gasteiger partial charge on any atom is -0.503 e. The molecule has 1 unspecified atom stereocenters. The molecule has 3 aromatic rings. The van der Waals surface area contributed by atoms with Gasteiger partial charge in [0.1, 0.15) is 18.0 Å². The molecular formula is C25H27FN2O5. The second-order valence-corrected chi connectivity index (χ2v) is 7.14. The van der Waals surface area contributed by atoms with Gasteiger partial charge in [-0.05, 0) is 31.5 Å². The van der Waals surface area contributed by atoms with E-state index in [0.717, 1.165) is 5.56 Å². The van der Waals surface area contributed by atoms with E-state index in [1.165, 1.54) is 38.4 Å². The topological polar surface area (TPSA) is 97.8 Å². The summed E-state index contributed by atoms with van der Waals surface area (Å²) >= 11 is 0. The molecule has 1 heterocycles. The number of rotatable bonds is 7. The van der Waals surface area contributed by atoms with Gasteiger partial charge in [-0.2, -0.15) is 0 Å². The van der Waals surface area contributed by atoms with Gasteiger partial charge in [-0.15, -0.1) is 0 Å². The molecule has 0 fully saturated rings. The van der Waals surface area contributed by atoms with Crippen molar-refractivity contribution in [1.82, 2.24) is 10.3 Å². The number of aromatic nitrogens is 1. The summed E-state index contributed by atoms with van der Waals surface area (Å²) < 4.78 is 22.2. The number of nitrogens with zero attached hydrogens (tertiary/aromatic N) is 1. The number of carbonyl (C=O) groups excluding carboxylic acids is 2. The molecule has 1 aromatic heterocycles. The Balaban J connectivity index is 0.000000468. The molecule has 0 saturated heterocycles. The largest absolute Gasteiger partial charge is 0.503 e. The number of pyridine rings is 1. The van der Waals surface area contributed by atoms with Crippen molar-refractivity contribution in [2.75, 3.05) is 7.11 Å². The Morgan fingerprint density at radius 3 is 2.18 bits per heavy atom. The summed E-state index contributed by atoms with van der Waals surface area (Å²) in [5, 5.41) is 12.4. The van der Waals surface area contributed by atoms with E-state index in [9.17, 15) is 19.1 Å². The molecule has 0 radical (unpaired) electrons. The van der Waals surface area contributed by atoms with Gasteiger partial charge in [0, 0.05) is 18.7 Å². The molecule has 0 spiro atoms. The number of hydrogen-bond donors (Lipinski definition) is 2. The lowest BCUT2D eigenvalue weighted by Gasteiger charge is -2.18. The summed E-state index contributed by atoms with van der Waals surface area (Å²) in [4.78, 5) is 28.2. The third kappa shape index (κ3) is 8.25. The number of carbonyl (C=O) groups is 2. The quantitative estimate of drug-likeness (QED) is 0.526. The Labute approximate surface area is 192 Å². The molecular weight excluding hydrogens is 427 g/mol. The van der Waals surface area contributed by atoms with Crippen LogP contribution in [0.25, 0.3) is 0 Å². The number of hydrogen-bond acceptors (Lipinski definition) is 6. The van der Waals surface area contributed by atoms with Crippen LogP contribution in [0.1, 0.15) is 29.9 Å². The van der Waals surface area contributed by atoms with Gasteiger partial charge in [0.05, 0.1) is 7.11 Å². The molecule has 0 bridgehead atoms. The standard InChI is InChI=1S/C19H22N2O5.C6H5F/c1-12(11-14-7-5-4-6-8-14)26-19(24)13(2)21-18(23)16-17(22)15(25-3)9-10-20-16;7-6-4-2-1-3-5-6/h4-10,12-13,22H,11H2,1-3H3,(H,21,23);1-5H/t12?,13-;/m0./s1. The van der Waals surface area contributed by atoms with Crippen molar-refractivity contribution in [3.63, 3.8) is 0 Å². The van der Waals surface area contributed by atoms with Crippen LogP contribution >= 0.6 is 0 Å². The Kier molecular flexibility index (Phi) is 9.82. The summed E-state index contributed by atoms with van der Waals surface area (Å²) in [6.07, 6.45) is 1.57. The zero-order valence-electron chi connectivity index (χ0n) is 18.7. The van der Waals surface area contributed by atoms with Crippen LogP contribution in [0.5, 0.6) is 11.5 Å². The molecule has 0 aliphatic carbocycles. The molecule has 8 heteroatoms. The number of aromatic hydroxyl groups is 1. The molecule has 2 aromatic carbocycles. The van der Waals surface area contributed by atoms with E-state index < -0.39 is 17.9 Å². The Bertz CT molecular complexity index is 1030. The smallest absolute Gasteiger partial charge is 0.328 e. The maximum atomic E-state index is 12.2. The fraction of sp³-hybridized carbons (Fsp3) is 0.240. The van der Waals surface area contributed by atoms with Crippen molar-refractivity contribution in [2.24, 2.45) is 0 Å². The van der Waals surface area contributed by atoms with E-state index in [2.05, 4.69) is 10.3 Å². The summed E-state index contributed by atoms with van der Waals surface area (Å²) in [5.41, 5.74) is 0.830. The number of esters is 1. The summed E-state index contributed by atoms with van der Waals surface area (Å²) in [5.74, 6) is -1.70. The lowest BCUT2D eigenvalue weighted by molar-refractivity contribution is -0.150. The normalized spacial score (nSPS) is 11.9. The number of benzene rings is 2. The van der Waals surface area contributed by atoms with Crippen molar-refractivity contribution in [3.8, 4) is 11.5 Å². The summed E-state index contributed by atoms with van der Waals surface area (Å²) in [7, 11) is 1.37. The van der Waals surface area contributed by atoms with E-state index in [0.29, 0.717) is 6.42 Å². The van der Waals surface area contributed by atoms with Crippen LogP contribution in [-0.4, -0.2) is 41.2 Å². The van der Waals surface area contributed by atoms with Crippen LogP contribution in [0.15, 0.2) is 72.9 Å². The van der Waals surface area contributed by atoms with Crippen LogP contribution < -0.4 is 10.1 Å². The first kappa shape index (κ1) is 25.3. The highest BCUT2D eigenvalue weighted by atomic mass is 19.1. The zero-order chi connectivity index (χ0) is 24.2. The number of ether oxygens (including phenoxy) is 2. The van der Waals surface area contributed by atoms with Gasteiger partial charge >= 0.3 is 5.97 Å². The molecule has 2 atom stereocenters. The molecule has 0 saturated carbocycles.